The number of carbonyl (C=O) groups excluding carboxylic acids is 2. The minimum Gasteiger partial charge on any atom is -0.391 e. The van der Waals surface area contributed by atoms with Gasteiger partial charge in [-0.25, -0.2) is 0 Å². The summed E-state index contributed by atoms with van der Waals surface area (Å²) in [6, 6.07) is 7.37. The zero-order valence-corrected chi connectivity index (χ0v) is 14.4. The Balaban J connectivity index is 2.61. The molecule has 0 aromatic heterocycles. The first-order chi connectivity index (χ1) is 10.8. The van der Waals surface area contributed by atoms with Gasteiger partial charge in [0.2, 0.25) is 11.8 Å². The summed E-state index contributed by atoms with van der Waals surface area (Å²) < 4.78 is 0. The molecular weight excluding hydrogens is 292 g/mol. The van der Waals surface area contributed by atoms with Gasteiger partial charge in [0.1, 0.15) is 0 Å². The van der Waals surface area contributed by atoms with E-state index in [1.165, 1.54) is 6.92 Å². The molecule has 0 fully saturated rings. The highest BCUT2D eigenvalue weighted by atomic mass is 16.3. The SMILES string of the molecule is CC(=O)NC(CC(=O)NCC(O)CC(C)C)c1ccc(C)cc1. The fraction of sp³-hybridized carbons (Fsp3) is 0.556. The first-order valence-corrected chi connectivity index (χ1v) is 8.06. The summed E-state index contributed by atoms with van der Waals surface area (Å²) in [6.45, 7) is 7.70. The second-order valence-corrected chi connectivity index (χ2v) is 6.46. The van der Waals surface area contributed by atoms with Crippen LogP contribution < -0.4 is 10.6 Å². The lowest BCUT2D eigenvalue weighted by molar-refractivity contribution is -0.123. The normalized spacial score (nSPS) is 13.5. The molecule has 1 aromatic rings. The molecule has 2 unspecified atom stereocenters. The summed E-state index contributed by atoms with van der Waals surface area (Å²) in [5.41, 5.74) is 2.01. The van der Waals surface area contributed by atoms with E-state index in [2.05, 4.69) is 10.6 Å². The van der Waals surface area contributed by atoms with Crippen LogP contribution in [0.2, 0.25) is 0 Å². The van der Waals surface area contributed by atoms with Crippen molar-refractivity contribution in [2.24, 2.45) is 5.92 Å². The number of aryl methyl sites for hydroxylation is 1. The Morgan fingerprint density at radius 2 is 1.78 bits per heavy atom. The highest BCUT2D eigenvalue weighted by Gasteiger charge is 2.17. The number of aliphatic hydroxyl groups is 1. The molecule has 1 rings (SSSR count). The van der Waals surface area contributed by atoms with Crippen LogP contribution in [0, 0.1) is 12.8 Å². The van der Waals surface area contributed by atoms with Crippen LogP contribution >= 0.6 is 0 Å². The molecule has 5 nitrogen and oxygen atoms in total. The van der Waals surface area contributed by atoms with E-state index >= 15 is 0 Å². The minimum absolute atomic E-state index is 0.150. The number of hydrogen-bond donors (Lipinski definition) is 3. The number of amides is 2. The Morgan fingerprint density at radius 3 is 2.30 bits per heavy atom. The third-order valence-electron chi connectivity index (χ3n) is 3.53. The molecule has 0 bridgehead atoms. The van der Waals surface area contributed by atoms with E-state index in [0.717, 1.165) is 11.1 Å². The van der Waals surface area contributed by atoms with Crippen LogP contribution in [0.3, 0.4) is 0 Å². The third-order valence-corrected chi connectivity index (χ3v) is 3.53. The smallest absolute Gasteiger partial charge is 0.222 e. The van der Waals surface area contributed by atoms with Crippen LogP contribution in [0.4, 0.5) is 0 Å². The number of rotatable bonds is 8. The number of aliphatic hydroxyl groups excluding tert-OH is 1. The first-order valence-electron chi connectivity index (χ1n) is 8.06. The molecule has 0 saturated heterocycles. The van der Waals surface area contributed by atoms with Crippen molar-refractivity contribution in [3.8, 4) is 0 Å². The van der Waals surface area contributed by atoms with Crippen molar-refractivity contribution in [2.75, 3.05) is 6.54 Å². The van der Waals surface area contributed by atoms with Gasteiger partial charge in [0, 0.05) is 13.5 Å². The van der Waals surface area contributed by atoms with Crippen molar-refractivity contribution in [3.63, 3.8) is 0 Å². The lowest BCUT2D eigenvalue weighted by Crippen LogP contribution is -2.36. The maximum atomic E-state index is 12.1. The molecule has 1 aromatic carbocycles. The zero-order valence-electron chi connectivity index (χ0n) is 14.4. The van der Waals surface area contributed by atoms with Crippen LogP contribution in [-0.4, -0.2) is 29.6 Å². The average molecular weight is 320 g/mol. The highest BCUT2D eigenvalue weighted by Crippen LogP contribution is 2.17. The average Bonchev–Trinajstić information content (AvgIpc) is 2.44. The summed E-state index contributed by atoms with van der Waals surface area (Å²) in [4.78, 5) is 23.5. The van der Waals surface area contributed by atoms with Crippen molar-refractivity contribution in [1.82, 2.24) is 10.6 Å². The lowest BCUT2D eigenvalue weighted by atomic mass is 10.0. The fourth-order valence-electron chi connectivity index (χ4n) is 2.41. The standard InChI is InChI=1S/C18H28N2O3/c1-12(2)9-16(22)11-19-18(23)10-17(20-14(4)21)15-7-5-13(3)6-8-15/h5-8,12,16-17,22H,9-11H2,1-4H3,(H,19,23)(H,20,21). The maximum absolute atomic E-state index is 12.1. The van der Waals surface area contributed by atoms with Gasteiger partial charge in [-0.05, 0) is 24.8 Å². The largest absolute Gasteiger partial charge is 0.391 e. The van der Waals surface area contributed by atoms with Gasteiger partial charge >= 0.3 is 0 Å². The van der Waals surface area contributed by atoms with Gasteiger partial charge in [0.25, 0.3) is 0 Å². The van der Waals surface area contributed by atoms with E-state index in [9.17, 15) is 14.7 Å². The summed E-state index contributed by atoms with van der Waals surface area (Å²) in [5, 5.41) is 15.3. The van der Waals surface area contributed by atoms with Gasteiger partial charge in [-0.15, -0.1) is 0 Å². The molecule has 2 amide bonds. The Bertz CT molecular complexity index is 512. The van der Waals surface area contributed by atoms with Crippen LogP contribution in [0.25, 0.3) is 0 Å². The molecule has 0 saturated carbocycles. The lowest BCUT2D eigenvalue weighted by Gasteiger charge is -2.19. The molecule has 0 aliphatic carbocycles. The Labute approximate surface area is 138 Å². The van der Waals surface area contributed by atoms with Crippen molar-refractivity contribution in [3.05, 3.63) is 35.4 Å². The predicted molar refractivity (Wildman–Crippen MR) is 90.8 cm³/mol. The number of hydrogen-bond acceptors (Lipinski definition) is 3. The summed E-state index contributed by atoms with van der Waals surface area (Å²) in [7, 11) is 0. The van der Waals surface area contributed by atoms with E-state index in [1.54, 1.807) is 0 Å². The molecular formula is C18H28N2O3. The summed E-state index contributed by atoms with van der Waals surface area (Å²) in [5.74, 6) is 0.0111. The van der Waals surface area contributed by atoms with E-state index in [-0.39, 0.29) is 30.8 Å². The molecule has 0 spiro atoms. The van der Waals surface area contributed by atoms with Gasteiger partial charge < -0.3 is 15.7 Å². The molecule has 0 radical (unpaired) electrons. The molecule has 128 valence electrons. The van der Waals surface area contributed by atoms with Gasteiger partial charge in [-0.3, -0.25) is 9.59 Å². The third kappa shape index (κ3) is 7.79. The fourth-order valence-corrected chi connectivity index (χ4v) is 2.41. The van der Waals surface area contributed by atoms with Gasteiger partial charge in [0.15, 0.2) is 0 Å². The zero-order chi connectivity index (χ0) is 17.4. The number of carbonyl (C=O) groups is 2. The van der Waals surface area contributed by atoms with Gasteiger partial charge in [-0.2, -0.15) is 0 Å². The first kappa shape index (κ1) is 19.2. The van der Waals surface area contributed by atoms with Crippen molar-refractivity contribution in [1.29, 1.82) is 0 Å². The van der Waals surface area contributed by atoms with Gasteiger partial charge in [0.05, 0.1) is 18.6 Å². The van der Waals surface area contributed by atoms with Crippen LogP contribution in [0.1, 0.15) is 50.8 Å². The van der Waals surface area contributed by atoms with Crippen molar-refractivity contribution < 1.29 is 14.7 Å². The number of benzene rings is 1. The predicted octanol–water partition coefficient (Wildman–Crippen LogP) is 2.09. The monoisotopic (exact) mass is 320 g/mol. The quantitative estimate of drug-likeness (QED) is 0.686. The Morgan fingerprint density at radius 1 is 1.17 bits per heavy atom. The topological polar surface area (TPSA) is 78.4 Å². The van der Waals surface area contributed by atoms with Crippen LogP contribution in [-0.2, 0) is 9.59 Å². The molecule has 2 atom stereocenters. The minimum atomic E-state index is -0.544. The van der Waals surface area contributed by atoms with Gasteiger partial charge in [-0.1, -0.05) is 43.7 Å². The van der Waals surface area contributed by atoms with Crippen LogP contribution in [0.5, 0.6) is 0 Å². The molecule has 0 aliphatic heterocycles. The number of nitrogens with one attached hydrogen (secondary N) is 2. The second-order valence-electron chi connectivity index (χ2n) is 6.46. The maximum Gasteiger partial charge on any atom is 0.222 e. The molecule has 23 heavy (non-hydrogen) atoms. The van der Waals surface area contributed by atoms with Crippen molar-refractivity contribution in [2.45, 2.75) is 52.7 Å². The molecule has 0 aliphatic rings. The Kier molecular flexibility index (Phi) is 7.75. The summed E-state index contributed by atoms with van der Waals surface area (Å²) >= 11 is 0. The van der Waals surface area contributed by atoms with Crippen molar-refractivity contribution >= 4 is 11.8 Å². The molecule has 5 heteroatoms. The highest BCUT2D eigenvalue weighted by molar-refractivity contribution is 5.79. The van der Waals surface area contributed by atoms with Crippen LogP contribution in [0.15, 0.2) is 24.3 Å². The van der Waals surface area contributed by atoms with E-state index in [0.29, 0.717) is 12.3 Å². The second kappa shape index (κ2) is 9.30. The molecule has 0 heterocycles. The molecule has 3 N–H and O–H groups in total. The Hall–Kier alpha value is -1.88. The van der Waals surface area contributed by atoms with E-state index in [4.69, 9.17) is 0 Å². The van der Waals surface area contributed by atoms with E-state index < -0.39 is 6.10 Å². The van der Waals surface area contributed by atoms with E-state index in [1.807, 2.05) is 45.0 Å². The summed E-state index contributed by atoms with van der Waals surface area (Å²) in [6.07, 6.45) is 0.252.